The third kappa shape index (κ3) is 3.28. The fourth-order valence-electron chi connectivity index (χ4n) is 1.93. The smallest absolute Gasteiger partial charge is 0.186 e. The van der Waals surface area contributed by atoms with Gasteiger partial charge >= 0.3 is 0 Å². The Balaban J connectivity index is 3.08. The Kier molecular flexibility index (Phi) is 5.62. The van der Waals surface area contributed by atoms with Gasteiger partial charge in [-0.25, -0.2) is 14.4 Å². The van der Waals surface area contributed by atoms with E-state index in [-0.39, 0.29) is 11.9 Å². The number of anilines is 1. The van der Waals surface area contributed by atoms with Crippen molar-refractivity contribution in [1.29, 1.82) is 0 Å². The topological polar surface area (TPSA) is 29.0 Å². The number of halogens is 2. The van der Waals surface area contributed by atoms with Crippen molar-refractivity contribution >= 4 is 17.4 Å². The summed E-state index contributed by atoms with van der Waals surface area (Å²) >= 11 is 5.79. The van der Waals surface area contributed by atoms with E-state index in [2.05, 4.69) is 23.8 Å². The van der Waals surface area contributed by atoms with E-state index in [1.54, 1.807) is 6.92 Å². The molecular formula is C12H19ClFN3. The van der Waals surface area contributed by atoms with Crippen LogP contribution in [0.25, 0.3) is 0 Å². The predicted octanol–water partition coefficient (Wildman–Crippen LogP) is 3.16. The minimum absolute atomic E-state index is 0.262. The number of aryl methyl sites for hydroxylation is 1. The Morgan fingerprint density at radius 3 is 2.53 bits per heavy atom. The van der Waals surface area contributed by atoms with Crippen molar-refractivity contribution in [2.24, 2.45) is 0 Å². The molecule has 3 nitrogen and oxygen atoms in total. The van der Waals surface area contributed by atoms with Gasteiger partial charge in [-0.15, -0.1) is 11.6 Å². The average Bonchev–Trinajstić information content (AvgIpc) is 2.33. The summed E-state index contributed by atoms with van der Waals surface area (Å²) in [6.07, 6.45) is 3.28. The Hall–Kier alpha value is -0.900. The third-order valence-electron chi connectivity index (χ3n) is 2.93. The lowest BCUT2D eigenvalue weighted by Crippen LogP contribution is -2.37. The number of aromatic nitrogens is 2. The van der Waals surface area contributed by atoms with Crippen molar-refractivity contribution < 1.29 is 4.39 Å². The van der Waals surface area contributed by atoms with E-state index in [0.717, 1.165) is 12.8 Å². The van der Waals surface area contributed by atoms with Crippen LogP contribution < -0.4 is 4.90 Å². The molecule has 0 aliphatic carbocycles. The summed E-state index contributed by atoms with van der Waals surface area (Å²) in [5.74, 6) is 0.482. The SMILES string of the molecule is CCC(CC)N(CCCl)c1ncnc(C)c1F. The van der Waals surface area contributed by atoms with Crippen molar-refractivity contribution in [3.8, 4) is 0 Å². The number of alkyl halides is 1. The molecule has 0 bridgehead atoms. The van der Waals surface area contributed by atoms with Crippen molar-refractivity contribution in [1.82, 2.24) is 9.97 Å². The second-order valence-electron chi connectivity index (χ2n) is 3.95. The molecule has 0 unspecified atom stereocenters. The van der Waals surface area contributed by atoms with E-state index in [0.29, 0.717) is 23.9 Å². The fourth-order valence-corrected chi connectivity index (χ4v) is 2.11. The average molecular weight is 260 g/mol. The third-order valence-corrected chi connectivity index (χ3v) is 3.10. The maximum Gasteiger partial charge on any atom is 0.186 e. The first-order chi connectivity index (χ1) is 8.15. The molecule has 1 heterocycles. The first-order valence-electron chi connectivity index (χ1n) is 5.95. The Bertz CT molecular complexity index is 356. The summed E-state index contributed by atoms with van der Waals surface area (Å²) in [6.45, 7) is 6.41. The zero-order chi connectivity index (χ0) is 12.8. The molecule has 0 saturated heterocycles. The maximum absolute atomic E-state index is 14.0. The molecule has 0 spiro atoms. The van der Waals surface area contributed by atoms with E-state index in [9.17, 15) is 4.39 Å². The summed E-state index contributed by atoms with van der Waals surface area (Å²) in [7, 11) is 0. The maximum atomic E-state index is 14.0. The van der Waals surface area contributed by atoms with E-state index in [4.69, 9.17) is 11.6 Å². The summed E-state index contributed by atoms with van der Waals surface area (Å²) < 4.78 is 14.0. The first kappa shape index (κ1) is 14.2. The predicted molar refractivity (Wildman–Crippen MR) is 69.2 cm³/mol. The number of hydrogen-bond acceptors (Lipinski definition) is 3. The molecule has 0 aliphatic heterocycles. The van der Waals surface area contributed by atoms with Gasteiger partial charge in [-0.05, 0) is 19.8 Å². The van der Waals surface area contributed by atoms with Crippen LogP contribution in [0.5, 0.6) is 0 Å². The van der Waals surface area contributed by atoms with E-state index in [1.165, 1.54) is 6.33 Å². The van der Waals surface area contributed by atoms with Crippen molar-refractivity contribution in [3.05, 3.63) is 17.8 Å². The molecular weight excluding hydrogens is 241 g/mol. The van der Waals surface area contributed by atoms with Crippen molar-refractivity contribution in [2.45, 2.75) is 39.7 Å². The molecule has 5 heteroatoms. The minimum Gasteiger partial charge on any atom is -0.350 e. The zero-order valence-corrected chi connectivity index (χ0v) is 11.3. The van der Waals surface area contributed by atoms with Gasteiger partial charge in [0.15, 0.2) is 11.6 Å². The highest BCUT2D eigenvalue weighted by Crippen LogP contribution is 2.22. The molecule has 1 aromatic heterocycles. The van der Waals surface area contributed by atoms with Crippen LogP contribution in [0.3, 0.4) is 0 Å². The molecule has 0 N–H and O–H groups in total. The van der Waals surface area contributed by atoms with Crippen LogP contribution >= 0.6 is 11.6 Å². The van der Waals surface area contributed by atoms with Crippen LogP contribution in [0.2, 0.25) is 0 Å². The van der Waals surface area contributed by atoms with Gasteiger partial charge < -0.3 is 4.90 Å². The molecule has 17 heavy (non-hydrogen) atoms. The molecule has 0 aliphatic rings. The van der Waals surface area contributed by atoms with Crippen LogP contribution in [-0.4, -0.2) is 28.4 Å². The van der Waals surface area contributed by atoms with Gasteiger partial charge in [0.05, 0.1) is 5.69 Å². The van der Waals surface area contributed by atoms with Crippen LogP contribution in [0, 0.1) is 12.7 Å². The van der Waals surface area contributed by atoms with E-state index in [1.807, 2.05) is 4.90 Å². The molecule has 0 aromatic carbocycles. The van der Waals surface area contributed by atoms with Gasteiger partial charge in [0.25, 0.3) is 0 Å². The molecule has 1 rings (SSSR count). The van der Waals surface area contributed by atoms with Crippen LogP contribution in [0.4, 0.5) is 10.2 Å². The van der Waals surface area contributed by atoms with Gasteiger partial charge in [-0.1, -0.05) is 13.8 Å². The first-order valence-corrected chi connectivity index (χ1v) is 6.48. The number of rotatable bonds is 6. The number of nitrogens with zero attached hydrogens (tertiary/aromatic N) is 3. The number of hydrogen-bond donors (Lipinski definition) is 0. The Morgan fingerprint density at radius 1 is 1.35 bits per heavy atom. The van der Waals surface area contributed by atoms with Crippen molar-refractivity contribution in [2.75, 3.05) is 17.3 Å². The molecule has 0 saturated carbocycles. The van der Waals surface area contributed by atoms with Crippen LogP contribution in [0.15, 0.2) is 6.33 Å². The summed E-state index contributed by atoms with van der Waals surface area (Å²) in [5.41, 5.74) is 0.375. The lowest BCUT2D eigenvalue weighted by atomic mass is 10.1. The largest absolute Gasteiger partial charge is 0.350 e. The lowest BCUT2D eigenvalue weighted by Gasteiger charge is -2.31. The summed E-state index contributed by atoms with van der Waals surface area (Å²) in [5, 5.41) is 0. The molecule has 1 aromatic rings. The second kappa shape index (κ2) is 6.74. The highest BCUT2D eigenvalue weighted by molar-refractivity contribution is 6.18. The highest BCUT2D eigenvalue weighted by Gasteiger charge is 2.20. The minimum atomic E-state index is -0.343. The van der Waals surface area contributed by atoms with Gasteiger partial charge in [-0.2, -0.15) is 0 Å². The molecule has 96 valence electrons. The van der Waals surface area contributed by atoms with Gasteiger partial charge in [0.1, 0.15) is 6.33 Å². The lowest BCUT2D eigenvalue weighted by molar-refractivity contribution is 0.532. The molecule has 0 fully saturated rings. The zero-order valence-electron chi connectivity index (χ0n) is 10.6. The Morgan fingerprint density at radius 2 is 2.00 bits per heavy atom. The molecule has 0 atom stereocenters. The second-order valence-corrected chi connectivity index (χ2v) is 4.33. The van der Waals surface area contributed by atoms with E-state index < -0.39 is 0 Å². The van der Waals surface area contributed by atoms with Gasteiger partial charge in [0, 0.05) is 18.5 Å². The monoisotopic (exact) mass is 259 g/mol. The summed E-state index contributed by atoms with van der Waals surface area (Å²) in [4.78, 5) is 9.84. The van der Waals surface area contributed by atoms with Crippen molar-refractivity contribution in [3.63, 3.8) is 0 Å². The molecule has 0 amide bonds. The van der Waals surface area contributed by atoms with E-state index >= 15 is 0 Å². The standard InChI is InChI=1S/C12H19ClFN3/c1-4-10(5-2)17(7-6-13)12-11(14)9(3)15-8-16-12/h8,10H,4-7H2,1-3H3. The normalized spacial score (nSPS) is 10.9. The van der Waals surface area contributed by atoms with Gasteiger partial charge in [0.2, 0.25) is 0 Å². The Labute approximate surface area is 107 Å². The highest BCUT2D eigenvalue weighted by atomic mass is 35.5. The fraction of sp³-hybridized carbons (Fsp3) is 0.667. The van der Waals surface area contributed by atoms with Crippen LogP contribution in [-0.2, 0) is 0 Å². The summed E-state index contributed by atoms with van der Waals surface area (Å²) in [6, 6.07) is 0.262. The quantitative estimate of drug-likeness (QED) is 0.735. The van der Waals surface area contributed by atoms with Gasteiger partial charge in [-0.3, -0.25) is 0 Å². The molecule has 0 radical (unpaired) electrons. The van der Waals surface area contributed by atoms with Crippen LogP contribution in [0.1, 0.15) is 32.4 Å².